The average molecular weight is 632 g/mol. The van der Waals surface area contributed by atoms with Gasteiger partial charge in [0.15, 0.2) is 0 Å². The number of nitrogens with one attached hydrogen (secondary N) is 1. The minimum atomic E-state index is -4.22. The molecule has 42 heavy (non-hydrogen) atoms. The third-order valence-electron chi connectivity index (χ3n) is 6.48. The third kappa shape index (κ3) is 8.65. The van der Waals surface area contributed by atoms with E-state index in [4.69, 9.17) is 16.3 Å². The van der Waals surface area contributed by atoms with Gasteiger partial charge in [0, 0.05) is 23.0 Å². The number of thioether (sulfide) groups is 1. The Kier molecular flexibility index (Phi) is 12.1. The molecule has 0 saturated heterocycles. The molecule has 3 aromatic carbocycles. The molecular formula is C31H38ClN3O5S2. The van der Waals surface area contributed by atoms with Crippen LogP contribution in [0.1, 0.15) is 33.3 Å². The molecule has 0 radical (unpaired) electrons. The number of nitrogens with zero attached hydrogens (tertiary/aromatic N) is 2. The number of para-hydroxylation sites is 2. The van der Waals surface area contributed by atoms with E-state index in [0.29, 0.717) is 23.9 Å². The molecule has 0 fully saturated rings. The van der Waals surface area contributed by atoms with Gasteiger partial charge in [0.25, 0.3) is 10.0 Å². The normalized spacial score (nSPS) is 12.1. The van der Waals surface area contributed by atoms with Crippen LogP contribution in [0, 0.1) is 5.92 Å². The maximum absolute atomic E-state index is 14.1. The number of rotatable bonds is 14. The van der Waals surface area contributed by atoms with Crippen LogP contribution in [0.25, 0.3) is 0 Å². The van der Waals surface area contributed by atoms with Gasteiger partial charge in [-0.05, 0) is 80.1 Å². The summed E-state index contributed by atoms with van der Waals surface area (Å²) in [7, 11) is -4.22. The molecule has 226 valence electrons. The second-order valence-corrected chi connectivity index (χ2v) is 13.2. The Hall–Kier alpha value is -3.21. The molecule has 0 heterocycles. The van der Waals surface area contributed by atoms with Gasteiger partial charge in [-0.1, -0.05) is 49.7 Å². The lowest BCUT2D eigenvalue weighted by Gasteiger charge is -2.32. The zero-order valence-electron chi connectivity index (χ0n) is 24.5. The van der Waals surface area contributed by atoms with Crippen molar-refractivity contribution in [3.63, 3.8) is 0 Å². The van der Waals surface area contributed by atoms with Crippen molar-refractivity contribution in [3.05, 3.63) is 83.4 Å². The summed E-state index contributed by atoms with van der Waals surface area (Å²) >= 11 is 7.56. The highest BCUT2D eigenvalue weighted by molar-refractivity contribution is 7.98. The molecule has 0 aliphatic rings. The van der Waals surface area contributed by atoms with Gasteiger partial charge in [-0.3, -0.25) is 13.9 Å². The predicted molar refractivity (Wildman–Crippen MR) is 170 cm³/mol. The lowest BCUT2D eigenvalue weighted by atomic mass is 10.1. The molecule has 0 unspecified atom stereocenters. The van der Waals surface area contributed by atoms with Crippen molar-refractivity contribution in [1.29, 1.82) is 0 Å². The highest BCUT2D eigenvalue weighted by Gasteiger charge is 2.33. The van der Waals surface area contributed by atoms with E-state index in [1.165, 1.54) is 28.8 Å². The van der Waals surface area contributed by atoms with Crippen molar-refractivity contribution in [2.45, 2.75) is 50.1 Å². The Bertz CT molecular complexity index is 1450. The van der Waals surface area contributed by atoms with Gasteiger partial charge < -0.3 is 15.0 Å². The molecule has 11 heteroatoms. The van der Waals surface area contributed by atoms with Crippen LogP contribution in [0.5, 0.6) is 5.75 Å². The van der Waals surface area contributed by atoms with Crippen LogP contribution in [0.4, 0.5) is 5.69 Å². The smallest absolute Gasteiger partial charge is 0.264 e. The number of ether oxygens (including phenoxy) is 1. The number of halogens is 1. The van der Waals surface area contributed by atoms with Crippen LogP contribution in [0.3, 0.4) is 0 Å². The van der Waals surface area contributed by atoms with E-state index >= 15 is 0 Å². The Morgan fingerprint density at radius 2 is 1.62 bits per heavy atom. The number of hydrogen-bond donors (Lipinski definition) is 1. The number of anilines is 1. The van der Waals surface area contributed by atoms with E-state index in [0.717, 1.165) is 14.8 Å². The summed E-state index contributed by atoms with van der Waals surface area (Å²) in [4.78, 5) is 29.6. The maximum Gasteiger partial charge on any atom is 0.264 e. The van der Waals surface area contributed by atoms with Gasteiger partial charge >= 0.3 is 0 Å². The second-order valence-electron chi connectivity index (χ2n) is 10.1. The first kappa shape index (κ1) is 33.3. The van der Waals surface area contributed by atoms with E-state index < -0.39 is 28.5 Å². The van der Waals surface area contributed by atoms with Crippen molar-refractivity contribution in [2.24, 2.45) is 5.92 Å². The van der Waals surface area contributed by atoms with E-state index in [1.807, 2.05) is 20.1 Å². The topological polar surface area (TPSA) is 96.0 Å². The monoisotopic (exact) mass is 631 g/mol. The molecular weight excluding hydrogens is 594 g/mol. The zero-order chi connectivity index (χ0) is 30.9. The summed E-state index contributed by atoms with van der Waals surface area (Å²) in [6.07, 6.45) is 1.90. The van der Waals surface area contributed by atoms with Crippen LogP contribution >= 0.6 is 23.4 Å². The van der Waals surface area contributed by atoms with Crippen LogP contribution in [-0.4, -0.2) is 57.1 Å². The average Bonchev–Trinajstić information content (AvgIpc) is 2.98. The predicted octanol–water partition coefficient (Wildman–Crippen LogP) is 5.85. The maximum atomic E-state index is 14.1. The zero-order valence-corrected chi connectivity index (χ0v) is 26.9. The third-order valence-corrected chi connectivity index (χ3v) is 9.25. The van der Waals surface area contributed by atoms with Gasteiger partial charge in [0.2, 0.25) is 11.8 Å². The molecule has 0 spiro atoms. The summed E-state index contributed by atoms with van der Waals surface area (Å²) in [6.45, 7) is 7.67. The fraction of sp³-hybridized carbons (Fsp3) is 0.355. The first-order chi connectivity index (χ1) is 20.0. The Morgan fingerprint density at radius 1 is 0.976 bits per heavy atom. The molecule has 0 aliphatic heterocycles. The fourth-order valence-electron chi connectivity index (χ4n) is 4.15. The summed E-state index contributed by atoms with van der Waals surface area (Å²) in [6, 6.07) is 19.3. The molecule has 3 rings (SSSR count). The summed E-state index contributed by atoms with van der Waals surface area (Å²) in [5.74, 6) is -0.339. The first-order valence-electron chi connectivity index (χ1n) is 13.7. The lowest BCUT2D eigenvalue weighted by molar-refractivity contribution is -0.139. The summed E-state index contributed by atoms with van der Waals surface area (Å²) < 4.78 is 35.1. The highest BCUT2D eigenvalue weighted by Crippen LogP contribution is 2.33. The Labute approximate surface area is 258 Å². The molecule has 0 bridgehead atoms. The van der Waals surface area contributed by atoms with Crippen molar-refractivity contribution in [3.8, 4) is 5.75 Å². The number of carbonyl (C=O) groups excluding carboxylic acids is 2. The van der Waals surface area contributed by atoms with Crippen LogP contribution in [-0.2, 0) is 26.2 Å². The van der Waals surface area contributed by atoms with Gasteiger partial charge in [-0.15, -0.1) is 11.8 Å². The van der Waals surface area contributed by atoms with Crippen molar-refractivity contribution >= 4 is 50.9 Å². The summed E-state index contributed by atoms with van der Waals surface area (Å²) in [5.41, 5.74) is 0.970. The number of sulfonamides is 1. The number of carbonyl (C=O) groups is 2. The molecule has 0 saturated carbocycles. The van der Waals surface area contributed by atoms with Crippen LogP contribution in [0.2, 0.25) is 5.02 Å². The lowest BCUT2D eigenvalue weighted by Crippen LogP contribution is -2.51. The van der Waals surface area contributed by atoms with Gasteiger partial charge in [-0.2, -0.15) is 0 Å². The molecule has 0 aromatic heterocycles. The van der Waals surface area contributed by atoms with Gasteiger partial charge in [0.1, 0.15) is 18.3 Å². The Balaban J connectivity index is 2.06. The van der Waals surface area contributed by atoms with Crippen LogP contribution < -0.4 is 14.4 Å². The Morgan fingerprint density at radius 3 is 2.21 bits per heavy atom. The van der Waals surface area contributed by atoms with E-state index in [9.17, 15) is 18.0 Å². The largest absolute Gasteiger partial charge is 0.492 e. The van der Waals surface area contributed by atoms with Gasteiger partial charge in [-0.25, -0.2) is 8.42 Å². The molecule has 1 N–H and O–H groups in total. The van der Waals surface area contributed by atoms with E-state index in [2.05, 4.69) is 5.32 Å². The van der Waals surface area contributed by atoms with Crippen molar-refractivity contribution in [1.82, 2.24) is 10.2 Å². The SMILES string of the molecule is CCOc1ccccc1N(CC(=O)N(Cc1ccc(Cl)cc1)[C@@H](C)C(=O)NCC(C)C)S(=O)(=O)c1ccc(SC)cc1. The first-order valence-corrected chi connectivity index (χ1v) is 16.7. The van der Waals surface area contributed by atoms with Crippen molar-refractivity contribution in [2.75, 3.05) is 30.3 Å². The van der Waals surface area contributed by atoms with Gasteiger partial charge in [0.05, 0.1) is 17.2 Å². The van der Waals surface area contributed by atoms with Crippen molar-refractivity contribution < 1.29 is 22.7 Å². The number of hydrogen-bond acceptors (Lipinski definition) is 6. The molecule has 3 aromatic rings. The summed E-state index contributed by atoms with van der Waals surface area (Å²) in [5, 5.41) is 3.42. The van der Waals surface area contributed by atoms with Crippen LogP contribution in [0.15, 0.2) is 82.6 Å². The molecule has 1 atom stereocenters. The number of amides is 2. The fourth-order valence-corrected chi connectivity index (χ4v) is 6.11. The molecule has 8 nitrogen and oxygen atoms in total. The van der Waals surface area contributed by atoms with E-state index in [-0.39, 0.29) is 29.0 Å². The minimum Gasteiger partial charge on any atom is -0.492 e. The minimum absolute atomic E-state index is 0.0337. The number of benzene rings is 3. The quantitative estimate of drug-likeness (QED) is 0.225. The molecule has 0 aliphatic carbocycles. The second kappa shape index (κ2) is 15.3. The molecule has 2 amide bonds. The highest BCUT2D eigenvalue weighted by atomic mass is 35.5. The van der Waals surface area contributed by atoms with E-state index in [1.54, 1.807) is 74.5 Å². The standard InChI is InChI=1S/C31H38ClN3O5S2/c1-6-40-29-10-8-7-9-28(29)35(42(38,39)27-17-15-26(41-5)16-18-27)21-30(36)34(20-24-11-13-25(32)14-12-24)23(4)31(37)33-19-22(2)3/h7-18,22-23H,6,19-21H2,1-5H3,(H,33,37)/t23-/m0/s1.